The maximum absolute atomic E-state index is 13.6. The van der Waals surface area contributed by atoms with Crippen LogP contribution in [0.25, 0.3) is 10.4 Å². The third-order valence-corrected chi connectivity index (χ3v) is 7.82. The van der Waals surface area contributed by atoms with Crippen LogP contribution in [0, 0.1) is 0 Å². The summed E-state index contributed by atoms with van der Waals surface area (Å²) < 4.78 is 19.1. The molecule has 0 saturated carbocycles. The highest BCUT2D eigenvalue weighted by Gasteiger charge is 2.31. The van der Waals surface area contributed by atoms with Gasteiger partial charge in [-0.05, 0) is 36.8 Å². The first-order valence-corrected chi connectivity index (χ1v) is 12.4. The van der Waals surface area contributed by atoms with Gasteiger partial charge in [-0.2, -0.15) is 0 Å². The lowest BCUT2D eigenvalue weighted by molar-refractivity contribution is 0.0703. The smallest absolute Gasteiger partial charge is 0.348 e. The molecule has 0 aliphatic carbocycles. The second-order valence-electron chi connectivity index (χ2n) is 5.70. The number of aromatic carboxylic acids is 1. The lowest BCUT2D eigenvalue weighted by Crippen LogP contribution is -2.16. The van der Waals surface area contributed by atoms with E-state index in [9.17, 15) is 14.5 Å². The summed E-state index contributed by atoms with van der Waals surface area (Å²) in [6, 6.07) is 15.5. The standard InChI is InChI=1S/C19H16Cl2NO4PS.C2H6/c1-2-26-27(25,16-9-8-13(20)10-14(16)21)22-15-11-17(28-18(15)19(23)24)12-6-4-3-5-7-12;1-2/h3-11H,2H2,1H3,(H,22,25)(H,23,24);1-2H3. The Balaban J connectivity index is 0.00000155. The normalized spacial score (nSPS) is 12.4. The number of anilines is 1. The molecule has 0 fully saturated rings. The van der Waals surface area contributed by atoms with Gasteiger partial charge in [0.2, 0.25) is 0 Å². The van der Waals surface area contributed by atoms with Crippen LogP contribution in [-0.4, -0.2) is 17.7 Å². The molecule has 2 N–H and O–H groups in total. The summed E-state index contributed by atoms with van der Waals surface area (Å²) in [6.07, 6.45) is 0. The van der Waals surface area contributed by atoms with Crippen LogP contribution in [0.1, 0.15) is 30.4 Å². The van der Waals surface area contributed by atoms with E-state index in [-0.39, 0.29) is 27.5 Å². The van der Waals surface area contributed by atoms with Crippen molar-refractivity contribution < 1.29 is 19.0 Å². The van der Waals surface area contributed by atoms with Crippen LogP contribution in [0.2, 0.25) is 10.0 Å². The van der Waals surface area contributed by atoms with Crippen LogP contribution < -0.4 is 10.4 Å². The predicted molar refractivity (Wildman–Crippen MR) is 127 cm³/mol. The summed E-state index contributed by atoms with van der Waals surface area (Å²) in [4.78, 5) is 12.5. The predicted octanol–water partition coefficient (Wildman–Crippen LogP) is 7.41. The molecule has 2 aromatic carbocycles. The highest BCUT2D eigenvalue weighted by molar-refractivity contribution is 7.68. The third-order valence-electron chi connectivity index (χ3n) is 3.79. The van der Waals surface area contributed by atoms with Gasteiger partial charge in [0.15, 0.2) is 0 Å². The molecule has 5 nitrogen and oxygen atoms in total. The Labute approximate surface area is 190 Å². The average Bonchev–Trinajstić information content (AvgIpc) is 3.14. The Kier molecular flexibility index (Phi) is 8.95. The van der Waals surface area contributed by atoms with Gasteiger partial charge in [-0.15, -0.1) is 11.3 Å². The molecule has 1 atom stereocenters. The molecule has 0 spiro atoms. The second-order valence-corrected chi connectivity index (χ2v) is 9.66. The number of hydrogen-bond acceptors (Lipinski definition) is 4. The van der Waals surface area contributed by atoms with Gasteiger partial charge >= 0.3 is 13.5 Å². The van der Waals surface area contributed by atoms with Gasteiger partial charge in [-0.3, -0.25) is 4.57 Å². The SMILES string of the molecule is CC.CCOP(=O)(Nc1cc(-c2ccccc2)sc1C(=O)O)c1ccc(Cl)cc1Cl. The second kappa shape index (κ2) is 11.0. The Bertz CT molecular complexity index is 1060. The van der Waals surface area contributed by atoms with Crippen molar-refractivity contribution in [3.8, 4) is 10.4 Å². The van der Waals surface area contributed by atoms with E-state index >= 15 is 0 Å². The number of carboxylic acid groups (broad SMARTS) is 1. The lowest BCUT2D eigenvalue weighted by Gasteiger charge is -2.21. The fraction of sp³-hybridized carbons (Fsp3) is 0.190. The molecule has 3 rings (SSSR count). The van der Waals surface area contributed by atoms with Gasteiger partial charge in [0.05, 0.1) is 22.6 Å². The van der Waals surface area contributed by atoms with E-state index in [1.807, 2.05) is 44.2 Å². The van der Waals surface area contributed by atoms with Gasteiger partial charge in [0, 0.05) is 9.90 Å². The van der Waals surface area contributed by atoms with Crippen LogP contribution in [0.4, 0.5) is 5.69 Å². The number of carboxylic acids is 1. The maximum Gasteiger partial charge on any atom is 0.348 e. The number of carbonyl (C=O) groups is 1. The molecule has 1 heterocycles. The molecular weight excluding hydrogens is 464 g/mol. The van der Waals surface area contributed by atoms with Gasteiger partial charge in [0.25, 0.3) is 0 Å². The Hall–Kier alpha value is -1.82. The summed E-state index contributed by atoms with van der Waals surface area (Å²) in [5.74, 6) is -1.13. The lowest BCUT2D eigenvalue weighted by atomic mass is 10.2. The largest absolute Gasteiger partial charge is 0.477 e. The molecule has 1 aromatic heterocycles. The summed E-state index contributed by atoms with van der Waals surface area (Å²) in [5, 5.41) is 13.2. The minimum Gasteiger partial charge on any atom is -0.477 e. The summed E-state index contributed by atoms with van der Waals surface area (Å²) in [5.41, 5.74) is 1.07. The van der Waals surface area contributed by atoms with Gasteiger partial charge < -0.3 is 14.7 Å². The van der Waals surface area contributed by atoms with Gasteiger partial charge in [-0.1, -0.05) is 67.4 Å². The Morgan fingerprint density at radius 3 is 2.37 bits per heavy atom. The fourth-order valence-corrected chi connectivity index (χ4v) is 6.17. The summed E-state index contributed by atoms with van der Waals surface area (Å²) >= 11 is 13.2. The van der Waals surface area contributed by atoms with Crippen molar-refractivity contribution in [2.24, 2.45) is 0 Å². The molecule has 30 heavy (non-hydrogen) atoms. The van der Waals surface area contributed by atoms with Crippen molar-refractivity contribution in [1.29, 1.82) is 0 Å². The monoisotopic (exact) mass is 485 g/mol. The number of benzene rings is 2. The first-order chi connectivity index (χ1) is 14.3. The zero-order valence-corrected chi connectivity index (χ0v) is 19.9. The van der Waals surface area contributed by atoms with Crippen molar-refractivity contribution in [2.75, 3.05) is 11.7 Å². The number of hydrogen-bond donors (Lipinski definition) is 2. The number of nitrogens with one attached hydrogen (secondary N) is 1. The van der Waals surface area contributed by atoms with Crippen LogP contribution in [0.15, 0.2) is 54.6 Å². The first-order valence-electron chi connectivity index (χ1n) is 9.25. The van der Waals surface area contributed by atoms with E-state index in [1.54, 1.807) is 19.1 Å². The molecule has 0 radical (unpaired) electrons. The zero-order valence-electron chi connectivity index (χ0n) is 16.7. The molecule has 0 bridgehead atoms. The number of rotatable bonds is 7. The van der Waals surface area contributed by atoms with Crippen LogP contribution >= 0.6 is 42.1 Å². The van der Waals surface area contributed by atoms with E-state index in [0.29, 0.717) is 5.02 Å². The van der Waals surface area contributed by atoms with E-state index in [0.717, 1.165) is 21.8 Å². The number of thiophene rings is 1. The first kappa shape index (κ1) is 24.4. The maximum atomic E-state index is 13.6. The van der Waals surface area contributed by atoms with Crippen molar-refractivity contribution in [1.82, 2.24) is 0 Å². The molecule has 1 unspecified atom stereocenters. The van der Waals surface area contributed by atoms with Crippen LogP contribution in [-0.2, 0) is 9.09 Å². The molecule has 3 aromatic rings. The van der Waals surface area contributed by atoms with E-state index in [4.69, 9.17) is 27.7 Å². The molecule has 160 valence electrons. The minimum absolute atomic E-state index is 0.0314. The Morgan fingerprint density at radius 2 is 1.80 bits per heavy atom. The average molecular weight is 486 g/mol. The van der Waals surface area contributed by atoms with Gasteiger partial charge in [0.1, 0.15) is 4.88 Å². The van der Waals surface area contributed by atoms with Crippen molar-refractivity contribution in [2.45, 2.75) is 20.8 Å². The van der Waals surface area contributed by atoms with Crippen molar-refractivity contribution in [3.05, 3.63) is 69.5 Å². The Morgan fingerprint density at radius 1 is 1.13 bits per heavy atom. The summed E-state index contributed by atoms with van der Waals surface area (Å²) in [7, 11) is -3.69. The third kappa shape index (κ3) is 5.65. The van der Waals surface area contributed by atoms with Crippen molar-refractivity contribution in [3.63, 3.8) is 0 Å². The molecule has 0 aliphatic heterocycles. The van der Waals surface area contributed by atoms with E-state index in [1.165, 1.54) is 12.1 Å². The van der Waals surface area contributed by atoms with Crippen LogP contribution in [0.5, 0.6) is 0 Å². The zero-order chi connectivity index (χ0) is 22.3. The number of halogens is 2. The van der Waals surface area contributed by atoms with Crippen molar-refractivity contribution >= 4 is 59.0 Å². The molecule has 9 heteroatoms. The summed E-state index contributed by atoms with van der Waals surface area (Å²) in [6.45, 7) is 5.83. The fourth-order valence-electron chi connectivity index (χ4n) is 2.60. The molecular formula is C21H22Cl2NO4PS. The molecule has 0 aliphatic rings. The molecule has 0 saturated heterocycles. The van der Waals surface area contributed by atoms with E-state index in [2.05, 4.69) is 5.09 Å². The highest BCUT2D eigenvalue weighted by atomic mass is 35.5. The minimum atomic E-state index is -3.69. The molecule has 0 amide bonds. The topological polar surface area (TPSA) is 75.6 Å². The quantitative estimate of drug-likeness (QED) is 0.340. The highest BCUT2D eigenvalue weighted by Crippen LogP contribution is 2.50. The van der Waals surface area contributed by atoms with Crippen LogP contribution in [0.3, 0.4) is 0 Å². The van der Waals surface area contributed by atoms with E-state index < -0.39 is 13.5 Å². The van der Waals surface area contributed by atoms with Gasteiger partial charge in [-0.25, -0.2) is 4.79 Å².